The first-order valence-corrected chi connectivity index (χ1v) is 7.75. The number of esters is 1. The van der Waals surface area contributed by atoms with E-state index in [9.17, 15) is 4.79 Å². The lowest BCUT2D eigenvalue weighted by Crippen LogP contribution is -2.40. The van der Waals surface area contributed by atoms with E-state index < -0.39 is 0 Å². The van der Waals surface area contributed by atoms with Crippen LogP contribution in [0.1, 0.15) is 38.2 Å². The van der Waals surface area contributed by atoms with Crippen LogP contribution in [0.3, 0.4) is 0 Å². The van der Waals surface area contributed by atoms with Crippen LogP contribution >= 0.6 is 0 Å². The number of ether oxygens (including phenoxy) is 2. The highest BCUT2D eigenvalue weighted by molar-refractivity contribution is 5.69. The Morgan fingerprint density at radius 2 is 2.05 bits per heavy atom. The van der Waals surface area contributed by atoms with Crippen molar-refractivity contribution in [2.45, 2.75) is 45.2 Å². The molecule has 4 nitrogen and oxygen atoms in total. The van der Waals surface area contributed by atoms with Gasteiger partial charge < -0.3 is 9.47 Å². The maximum absolute atomic E-state index is 11.5. The van der Waals surface area contributed by atoms with Crippen molar-refractivity contribution in [2.75, 3.05) is 20.3 Å². The fourth-order valence-electron chi connectivity index (χ4n) is 2.87. The Morgan fingerprint density at radius 1 is 1.29 bits per heavy atom. The molecule has 0 bridgehead atoms. The highest BCUT2D eigenvalue weighted by Crippen LogP contribution is 2.23. The summed E-state index contributed by atoms with van der Waals surface area (Å²) in [4.78, 5) is 13.9. The lowest BCUT2D eigenvalue weighted by atomic mass is 9.98. The molecule has 0 aliphatic carbocycles. The Kier molecular flexibility index (Phi) is 6.05. The zero-order chi connectivity index (χ0) is 15.1. The topological polar surface area (TPSA) is 38.8 Å². The first-order chi connectivity index (χ1) is 10.2. The molecule has 0 radical (unpaired) electrons. The number of piperidine rings is 1. The number of benzene rings is 1. The largest absolute Gasteiger partial charge is 0.494 e. The molecule has 1 aliphatic rings. The molecule has 1 fully saturated rings. The fourth-order valence-corrected chi connectivity index (χ4v) is 2.87. The minimum Gasteiger partial charge on any atom is -0.494 e. The smallest absolute Gasteiger partial charge is 0.307 e. The van der Waals surface area contributed by atoms with E-state index in [4.69, 9.17) is 9.47 Å². The normalized spacial score (nSPS) is 19.2. The molecule has 0 spiro atoms. The summed E-state index contributed by atoms with van der Waals surface area (Å²) >= 11 is 0. The second-order valence-corrected chi connectivity index (χ2v) is 5.48. The number of likely N-dealkylation sites (tertiary alicyclic amines) is 1. The molecule has 0 aromatic heterocycles. The van der Waals surface area contributed by atoms with Crippen LogP contribution in [-0.2, 0) is 16.1 Å². The van der Waals surface area contributed by atoms with Gasteiger partial charge >= 0.3 is 5.97 Å². The highest BCUT2D eigenvalue weighted by Gasteiger charge is 2.25. The maximum atomic E-state index is 11.5. The summed E-state index contributed by atoms with van der Waals surface area (Å²) in [5, 5.41) is 0. The Balaban J connectivity index is 1.96. The summed E-state index contributed by atoms with van der Waals surface area (Å²) in [7, 11) is 1.46. The van der Waals surface area contributed by atoms with Gasteiger partial charge in [0.05, 0.1) is 20.1 Å². The molecule has 1 atom stereocenters. The Hall–Kier alpha value is -1.55. The fraction of sp³-hybridized carbons (Fsp3) is 0.588. The third kappa shape index (κ3) is 4.74. The third-order valence-corrected chi connectivity index (χ3v) is 4.00. The molecule has 21 heavy (non-hydrogen) atoms. The van der Waals surface area contributed by atoms with Gasteiger partial charge in [-0.3, -0.25) is 9.69 Å². The van der Waals surface area contributed by atoms with E-state index in [-0.39, 0.29) is 5.97 Å². The first kappa shape index (κ1) is 15.8. The zero-order valence-electron chi connectivity index (χ0n) is 13.0. The molecule has 0 saturated carbocycles. The Labute approximate surface area is 127 Å². The highest BCUT2D eigenvalue weighted by atomic mass is 16.5. The van der Waals surface area contributed by atoms with Gasteiger partial charge in [0.1, 0.15) is 5.75 Å². The lowest BCUT2D eigenvalue weighted by molar-refractivity contribution is -0.142. The van der Waals surface area contributed by atoms with Gasteiger partial charge in [0.25, 0.3) is 0 Å². The van der Waals surface area contributed by atoms with Crippen molar-refractivity contribution in [3.63, 3.8) is 0 Å². The van der Waals surface area contributed by atoms with Crippen LogP contribution in [0.2, 0.25) is 0 Å². The number of rotatable bonds is 6. The van der Waals surface area contributed by atoms with Crippen molar-refractivity contribution in [1.82, 2.24) is 4.90 Å². The van der Waals surface area contributed by atoms with Crippen molar-refractivity contribution in [2.24, 2.45) is 0 Å². The molecule has 1 heterocycles. The molecule has 2 rings (SSSR count). The van der Waals surface area contributed by atoms with Crippen LogP contribution < -0.4 is 4.74 Å². The molecule has 1 aliphatic heterocycles. The predicted octanol–water partition coefficient (Wildman–Crippen LogP) is 3.00. The summed E-state index contributed by atoms with van der Waals surface area (Å²) in [5.41, 5.74) is 1.26. The van der Waals surface area contributed by atoms with Crippen LogP contribution in [-0.4, -0.2) is 37.2 Å². The second kappa shape index (κ2) is 8.03. The van der Waals surface area contributed by atoms with Crippen LogP contribution in [0.5, 0.6) is 5.75 Å². The van der Waals surface area contributed by atoms with E-state index in [0.717, 1.165) is 25.3 Å². The van der Waals surface area contributed by atoms with Crippen LogP contribution in [0.25, 0.3) is 0 Å². The number of methoxy groups -OCH3 is 1. The van der Waals surface area contributed by atoms with Gasteiger partial charge in [-0.25, -0.2) is 0 Å². The Bertz CT molecular complexity index is 444. The number of hydrogen-bond acceptors (Lipinski definition) is 4. The van der Waals surface area contributed by atoms with Crippen LogP contribution in [0, 0.1) is 0 Å². The molecular weight excluding hydrogens is 266 g/mol. The third-order valence-electron chi connectivity index (χ3n) is 4.00. The van der Waals surface area contributed by atoms with Crippen LogP contribution in [0.15, 0.2) is 24.3 Å². The molecule has 1 aromatic carbocycles. The monoisotopic (exact) mass is 291 g/mol. The summed E-state index contributed by atoms with van der Waals surface area (Å²) < 4.78 is 10.3. The minimum absolute atomic E-state index is 0.112. The van der Waals surface area contributed by atoms with Gasteiger partial charge in [-0.15, -0.1) is 0 Å². The van der Waals surface area contributed by atoms with Gasteiger partial charge in [-0.05, 0) is 44.0 Å². The van der Waals surface area contributed by atoms with Gasteiger partial charge in [-0.2, -0.15) is 0 Å². The van der Waals surface area contributed by atoms with Crippen molar-refractivity contribution < 1.29 is 14.3 Å². The van der Waals surface area contributed by atoms with E-state index in [1.54, 1.807) is 0 Å². The summed E-state index contributed by atoms with van der Waals surface area (Å²) in [5.74, 6) is 0.796. The SMILES string of the molecule is CCOc1ccc(CN2CCCCC2CC(=O)OC)cc1. The van der Waals surface area contributed by atoms with Crippen LogP contribution in [0.4, 0.5) is 0 Å². The minimum atomic E-state index is -0.112. The van der Waals surface area contributed by atoms with Crippen molar-refractivity contribution >= 4 is 5.97 Å². The standard InChI is InChI=1S/C17H25NO3/c1-3-21-16-9-7-14(8-10-16)13-18-11-5-4-6-15(18)12-17(19)20-2/h7-10,15H,3-6,11-13H2,1-2H3. The zero-order valence-corrected chi connectivity index (χ0v) is 13.0. The lowest BCUT2D eigenvalue weighted by Gasteiger charge is -2.35. The van der Waals surface area contributed by atoms with Gasteiger partial charge in [-0.1, -0.05) is 18.6 Å². The molecule has 1 unspecified atom stereocenters. The average Bonchev–Trinajstić information content (AvgIpc) is 2.51. The summed E-state index contributed by atoms with van der Waals surface area (Å²) in [6.07, 6.45) is 3.97. The summed E-state index contributed by atoms with van der Waals surface area (Å²) in [6.45, 7) is 4.61. The molecule has 116 valence electrons. The Morgan fingerprint density at radius 3 is 2.71 bits per heavy atom. The number of hydrogen-bond donors (Lipinski definition) is 0. The molecule has 1 saturated heterocycles. The molecule has 0 N–H and O–H groups in total. The molecular formula is C17H25NO3. The van der Waals surface area contributed by atoms with E-state index >= 15 is 0 Å². The summed E-state index contributed by atoms with van der Waals surface area (Å²) in [6, 6.07) is 8.54. The van der Waals surface area contributed by atoms with Crippen molar-refractivity contribution in [3.8, 4) is 5.75 Å². The van der Waals surface area contributed by atoms with Crippen molar-refractivity contribution in [1.29, 1.82) is 0 Å². The molecule has 1 aromatic rings. The van der Waals surface area contributed by atoms with Gasteiger partial charge in [0, 0.05) is 12.6 Å². The first-order valence-electron chi connectivity index (χ1n) is 7.75. The van der Waals surface area contributed by atoms with E-state index in [2.05, 4.69) is 17.0 Å². The van der Waals surface area contributed by atoms with E-state index in [0.29, 0.717) is 19.1 Å². The van der Waals surface area contributed by atoms with Gasteiger partial charge in [0.2, 0.25) is 0 Å². The second-order valence-electron chi connectivity index (χ2n) is 5.48. The van der Waals surface area contributed by atoms with Crippen molar-refractivity contribution in [3.05, 3.63) is 29.8 Å². The quantitative estimate of drug-likeness (QED) is 0.755. The number of carbonyl (C=O) groups is 1. The predicted molar refractivity (Wildman–Crippen MR) is 82.3 cm³/mol. The van der Waals surface area contributed by atoms with E-state index in [1.807, 2.05) is 19.1 Å². The molecule has 4 heteroatoms. The average molecular weight is 291 g/mol. The van der Waals surface area contributed by atoms with E-state index in [1.165, 1.54) is 25.5 Å². The van der Waals surface area contributed by atoms with Gasteiger partial charge in [0.15, 0.2) is 0 Å². The molecule has 0 amide bonds. The number of nitrogens with zero attached hydrogens (tertiary/aromatic N) is 1. The number of carbonyl (C=O) groups excluding carboxylic acids is 1. The maximum Gasteiger partial charge on any atom is 0.307 e.